The Labute approximate surface area is 327 Å². The molecule has 3 heterocycles. The Hall–Kier alpha value is -6.03. The molecule has 4 aromatic carbocycles. The standard InChI is InChI=1S/C42H42N6O9/c1-22(2)52-13-16-55-40(49)25-7-10-28-31(19-25)46-37-34(43-28)38-36(45-30-12-9-27(21-33(30)47-38)42(51)57-18-15-54-24(5)6)39-35(37)44-29-11-8-26(20-32(29)48-39)41(50)56-17-14-53-23(3)4/h7-12,19-24H,13-18H2,1-6H3. The Morgan fingerprint density at radius 1 is 0.386 bits per heavy atom. The molecular formula is C42H42N6O9. The summed E-state index contributed by atoms with van der Waals surface area (Å²) in [6.07, 6.45) is 0.0382. The van der Waals surface area contributed by atoms with Gasteiger partial charge in [-0.25, -0.2) is 44.3 Å². The van der Waals surface area contributed by atoms with Gasteiger partial charge >= 0.3 is 17.9 Å². The van der Waals surface area contributed by atoms with E-state index >= 15 is 0 Å². The van der Waals surface area contributed by atoms with Gasteiger partial charge in [-0.1, -0.05) is 0 Å². The summed E-state index contributed by atoms with van der Waals surface area (Å²) >= 11 is 0. The van der Waals surface area contributed by atoms with Crippen molar-refractivity contribution >= 4 is 84.1 Å². The molecule has 0 aliphatic rings. The summed E-state index contributed by atoms with van der Waals surface area (Å²) < 4.78 is 32.8. The number of carbonyl (C=O) groups is 3. The van der Waals surface area contributed by atoms with Crippen molar-refractivity contribution in [1.29, 1.82) is 0 Å². The highest BCUT2D eigenvalue weighted by atomic mass is 16.6. The van der Waals surface area contributed by atoms with Crippen molar-refractivity contribution in [3.05, 3.63) is 71.3 Å². The Balaban J connectivity index is 1.35. The van der Waals surface area contributed by atoms with E-state index in [1.165, 1.54) is 0 Å². The molecule has 0 amide bonds. The number of hydrogen-bond donors (Lipinski definition) is 0. The van der Waals surface area contributed by atoms with Crippen molar-refractivity contribution in [1.82, 2.24) is 29.9 Å². The summed E-state index contributed by atoms with van der Waals surface area (Å²) in [5.74, 6) is -1.58. The first kappa shape index (κ1) is 39.2. The molecule has 0 aliphatic heterocycles. The summed E-state index contributed by atoms with van der Waals surface area (Å²) in [6, 6.07) is 14.8. The fourth-order valence-electron chi connectivity index (χ4n) is 6.04. The topological polar surface area (TPSA) is 184 Å². The van der Waals surface area contributed by atoms with Gasteiger partial charge in [-0.3, -0.25) is 0 Å². The number of aromatic nitrogens is 6. The number of rotatable bonds is 15. The van der Waals surface area contributed by atoms with Gasteiger partial charge in [-0.05, 0) is 96.1 Å². The average molecular weight is 775 g/mol. The summed E-state index contributed by atoms with van der Waals surface area (Å²) in [5, 5.41) is 0. The predicted octanol–water partition coefficient (Wildman–Crippen LogP) is 6.72. The number of esters is 3. The fourth-order valence-corrected chi connectivity index (χ4v) is 6.04. The van der Waals surface area contributed by atoms with Crippen LogP contribution in [-0.2, 0) is 28.4 Å². The smallest absolute Gasteiger partial charge is 0.338 e. The first-order valence-corrected chi connectivity index (χ1v) is 18.8. The lowest BCUT2D eigenvalue weighted by Gasteiger charge is -2.12. The maximum absolute atomic E-state index is 13.0. The number of fused-ring (bicyclic) bond motifs is 9. The van der Waals surface area contributed by atoms with Crippen LogP contribution in [0, 0.1) is 0 Å². The predicted molar refractivity (Wildman–Crippen MR) is 212 cm³/mol. The molecule has 0 spiro atoms. The molecule has 0 radical (unpaired) electrons. The number of carbonyl (C=O) groups excluding carboxylic acids is 3. The second kappa shape index (κ2) is 17.0. The largest absolute Gasteiger partial charge is 0.460 e. The monoisotopic (exact) mass is 774 g/mol. The highest BCUT2D eigenvalue weighted by molar-refractivity contribution is 6.21. The minimum atomic E-state index is -0.527. The third kappa shape index (κ3) is 8.85. The van der Waals surface area contributed by atoms with E-state index in [0.29, 0.717) is 82.9 Å². The third-order valence-corrected chi connectivity index (χ3v) is 8.68. The second-order valence-electron chi connectivity index (χ2n) is 14.0. The van der Waals surface area contributed by atoms with Crippen molar-refractivity contribution in [2.75, 3.05) is 39.6 Å². The third-order valence-electron chi connectivity index (χ3n) is 8.68. The Bertz CT molecular complexity index is 2350. The molecule has 3 aromatic heterocycles. The highest BCUT2D eigenvalue weighted by Crippen LogP contribution is 2.33. The maximum atomic E-state index is 13.0. The number of hydrogen-bond acceptors (Lipinski definition) is 15. The van der Waals surface area contributed by atoms with E-state index in [1.807, 2.05) is 41.5 Å². The van der Waals surface area contributed by atoms with E-state index < -0.39 is 17.9 Å². The van der Waals surface area contributed by atoms with Gasteiger partial charge in [0.15, 0.2) is 0 Å². The Morgan fingerprint density at radius 3 is 0.877 bits per heavy atom. The van der Waals surface area contributed by atoms with Crippen LogP contribution in [0.1, 0.15) is 72.6 Å². The lowest BCUT2D eigenvalue weighted by Crippen LogP contribution is -2.13. The van der Waals surface area contributed by atoms with Crippen LogP contribution in [0.2, 0.25) is 0 Å². The second-order valence-corrected chi connectivity index (χ2v) is 14.0. The quantitative estimate of drug-likeness (QED) is 0.0351. The lowest BCUT2D eigenvalue weighted by atomic mass is 10.1. The van der Waals surface area contributed by atoms with Gasteiger partial charge in [0, 0.05) is 0 Å². The minimum absolute atomic E-state index is 0.0127. The van der Waals surface area contributed by atoms with Crippen LogP contribution in [0.15, 0.2) is 54.6 Å². The van der Waals surface area contributed by atoms with E-state index in [0.717, 1.165) is 0 Å². The molecule has 0 aliphatic carbocycles. The molecule has 7 aromatic rings. The zero-order valence-electron chi connectivity index (χ0n) is 32.5. The minimum Gasteiger partial charge on any atom is -0.460 e. The average Bonchev–Trinajstić information content (AvgIpc) is 3.19. The number of benzene rings is 4. The molecule has 0 bridgehead atoms. The van der Waals surface area contributed by atoms with Crippen LogP contribution in [0.4, 0.5) is 0 Å². The lowest BCUT2D eigenvalue weighted by molar-refractivity contribution is 0.0175. The molecule has 0 atom stereocenters. The zero-order chi connectivity index (χ0) is 40.2. The molecular weight excluding hydrogens is 732 g/mol. The normalized spacial score (nSPS) is 11.9. The van der Waals surface area contributed by atoms with Crippen LogP contribution in [0.25, 0.3) is 66.2 Å². The van der Waals surface area contributed by atoms with Gasteiger partial charge in [-0.2, -0.15) is 0 Å². The van der Waals surface area contributed by atoms with Gasteiger partial charge in [-0.15, -0.1) is 0 Å². The fraction of sp³-hybridized carbons (Fsp3) is 0.357. The van der Waals surface area contributed by atoms with E-state index in [2.05, 4.69) is 0 Å². The molecule has 0 saturated heterocycles. The first-order valence-electron chi connectivity index (χ1n) is 18.8. The summed E-state index contributed by atoms with van der Waals surface area (Å²) in [5.41, 5.74) is 5.81. The van der Waals surface area contributed by atoms with Crippen molar-refractivity contribution < 1.29 is 42.8 Å². The van der Waals surface area contributed by atoms with Crippen LogP contribution in [0.5, 0.6) is 0 Å². The van der Waals surface area contributed by atoms with Crippen LogP contribution < -0.4 is 0 Å². The van der Waals surface area contributed by atoms with Gasteiger partial charge in [0.1, 0.15) is 52.9 Å². The molecule has 0 fully saturated rings. The zero-order valence-corrected chi connectivity index (χ0v) is 32.5. The van der Waals surface area contributed by atoms with Crippen molar-refractivity contribution in [2.45, 2.75) is 59.9 Å². The van der Waals surface area contributed by atoms with Gasteiger partial charge in [0.25, 0.3) is 0 Å². The molecule has 294 valence electrons. The summed E-state index contributed by atoms with van der Waals surface area (Å²) in [6.45, 7) is 12.5. The Morgan fingerprint density at radius 2 is 0.632 bits per heavy atom. The molecule has 57 heavy (non-hydrogen) atoms. The molecule has 0 unspecified atom stereocenters. The Kier molecular flexibility index (Phi) is 11.7. The molecule has 7 rings (SSSR count). The highest BCUT2D eigenvalue weighted by Gasteiger charge is 2.21. The van der Waals surface area contributed by atoms with E-state index in [9.17, 15) is 14.4 Å². The molecule has 15 nitrogen and oxygen atoms in total. The molecule has 0 saturated carbocycles. The van der Waals surface area contributed by atoms with Crippen LogP contribution in [0.3, 0.4) is 0 Å². The van der Waals surface area contributed by atoms with Crippen molar-refractivity contribution in [3.63, 3.8) is 0 Å². The number of ether oxygens (including phenoxy) is 6. The van der Waals surface area contributed by atoms with E-state index in [4.69, 9.17) is 58.3 Å². The maximum Gasteiger partial charge on any atom is 0.338 e. The molecule has 15 heteroatoms. The van der Waals surface area contributed by atoms with E-state index in [1.54, 1.807) is 54.6 Å². The van der Waals surface area contributed by atoms with Crippen LogP contribution >= 0.6 is 0 Å². The van der Waals surface area contributed by atoms with Gasteiger partial charge in [0.2, 0.25) is 0 Å². The van der Waals surface area contributed by atoms with Gasteiger partial charge in [0.05, 0.1) is 87.9 Å². The van der Waals surface area contributed by atoms with E-state index in [-0.39, 0.29) is 58.0 Å². The van der Waals surface area contributed by atoms with Crippen LogP contribution in [-0.4, -0.2) is 106 Å². The summed E-state index contributed by atoms with van der Waals surface area (Å²) in [7, 11) is 0. The number of nitrogens with zero attached hydrogens (tertiary/aromatic N) is 6. The SMILES string of the molecule is CC(C)OCCOC(=O)c1ccc2nc3c4nc5cc(C(=O)OCCOC(C)C)ccc5nc4c4nc5cc(C(=O)OCCOC(C)C)ccc5nc4c3nc2c1. The summed E-state index contributed by atoms with van der Waals surface area (Å²) in [4.78, 5) is 68.7. The molecule has 0 N–H and O–H groups in total. The first-order chi connectivity index (χ1) is 27.4. The van der Waals surface area contributed by atoms with Gasteiger partial charge < -0.3 is 28.4 Å². The van der Waals surface area contributed by atoms with Crippen molar-refractivity contribution in [3.8, 4) is 0 Å². The van der Waals surface area contributed by atoms with Crippen molar-refractivity contribution in [2.24, 2.45) is 0 Å².